The van der Waals surface area contributed by atoms with Crippen LogP contribution < -0.4 is 0 Å². The van der Waals surface area contributed by atoms with Gasteiger partial charge in [-0.1, -0.05) is 17.7 Å². The van der Waals surface area contributed by atoms with Crippen LogP contribution in [-0.2, 0) is 10.0 Å². The molecule has 0 heterocycles. The van der Waals surface area contributed by atoms with E-state index >= 15 is 0 Å². The summed E-state index contributed by atoms with van der Waals surface area (Å²) < 4.78 is 39.2. The van der Waals surface area contributed by atoms with Gasteiger partial charge in [-0.2, -0.15) is 0 Å². The molecule has 0 aliphatic heterocycles. The average molecular weight is 336 g/mol. The molecule has 1 aromatic carbocycles. The van der Waals surface area contributed by atoms with Gasteiger partial charge in [0, 0.05) is 13.6 Å². The molecule has 1 aromatic rings. The van der Waals surface area contributed by atoms with E-state index in [1.807, 2.05) is 0 Å². The number of nitrogens with zero attached hydrogens (tertiary/aromatic N) is 1. The van der Waals surface area contributed by atoms with E-state index in [0.717, 1.165) is 10.4 Å². The van der Waals surface area contributed by atoms with Crippen molar-refractivity contribution in [3.63, 3.8) is 0 Å². The van der Waals surface area contributed by atoms with Crippen LogP contribution >= 0.6 is 11.6 Å². The van der Waals surface area contributed by atoms with Gasteiger partial charge in [0.25, 0.3) is 0 Å². The number of allylic oxidation sites excluding steroid dienone is 1. The van der Waals surface area contributed by atoms with Gasteiger partial charge in [0.05, 0.1) is 15.5 Å². The monoisotopic (exact) mass is 335 g/mol. The summed E-state index contributed by atoms with van der Waals surface area (Å²) in [6.07, 6.45) is 2.85. The Hall–Kier alpha value is -1.44. The Balaban J connectivity index is 3.19. The highest BCUT2D eigenvalue weighted by atomic mass is 35.5. The average Bonchev–Trinajstić information content (AvgIpc) is 2.41. The lowest BCUT2D eigenvalue weighted by molar-refractivity contribution is 0.0696. The number of aromatic carboxylic acids is 1. The number of benzene rings is 1. The first-order chi connectivity index (χ1) is 9.71. The van der Waals surface area contributed by atoms with Gasteiger partial charge in [0.2, 0.25) is 10.0 Å². The van der Waals surface area contributed by atoms with E-state index in [9.17, 15) is 17.6 Å². The predicted molar refractivity (Wildman–Crippen MR) is 77.6 cm³/mol. The molecule has 0 aromatic heterocycles. The van der Waals surface area contributed by atoms with E-state index in [-0.39, 0.29) is 6.54 Å². The number of carboxylic acid groups (broad SMARTS) is 1. The van der Waals surface area contributed by atoms with Gasteiger partial charge in [-0.3, -0.25) is 0 Å². The quantitative estimate of drug-likeness (QED) is 0.614. The topological polar surface area (TPSA) is 74.7 Å². The molecular formula is C13H15ClFNO4S. The molecule has 0 aliphatic rings. The molecule has 0 aliphatic carbocycles. The second-order valence-electron chi connectivity index (χ2n) is 4.33. The van der Waals surface area contributed by atoms with Crippen LogP contribution in [0.1, 0.15) is 23.2 Å². The Morgan fingerprint density at radius 1 is 1.52 bits per heavy atom. The normalized spacial score (nSPS) is 11.6. The second kappa shape index (κ2) is 7.02. The maximum absolute atomic E-state index is 13.6. The molecule has 0 fully saturated rings. The van der Waals surface area contributed by atoms with Crippen LogP contribution in [0.25, 0.3) is 0 Å². The number of hydrogen-bond acceptors (Lipinski definition) is 3. The van der Waals surface area contributed by atoms with Gasteiger partial charge >= 0.3 is 5.97 Å². The van der Waals surface area contributed by atoms with Crippen LogP contribution in [0, 0.1) is 5.82 Å². The lowest BCUT2D eigenvalue weighted by atomic mass is 10.2. The lowest BCUT2D eigenvalue weighted by Crippen LogP contribution is -2.28. The SMILES string of the molecule is C=CCCCN(C)S(=O)(=O)c1cc(F)c(Cl)c(C(=O)O)c1. The van der Waals surface area contributed by atoms with Crippen LogP contribution in [0.3, 0.4) is 0 Å². The third-order valence-corrected chi connectivity index (χ3v) is 5.04. The number of halogens is 2. The van der Waals surface area contributed by atoms with Crippen molar-refractivity contribution < 1.29 is 22.7 Å². The fourth-order valence-electron chi connectivity index (χ4n) is 1.63. The molecule has 0 bridgehead atoms. The summed E-state index contributed by atoms with van der Waals surface area (Å²) in [5.41, 5.74) is -0.588. The first kappa shape index (κ1) is 17.6. The molecule has 0 atom stereocenters. The number of carbonyl (C=O) groups is 1. The molecule has 5 nitrogen and oxygen atoms in total. The Bertz CT molecular complexity index is 660. The summed E-state index contributed by atoms with van der Waals surface area (Å²) >= 11 is 5.52. The van der Waals surface area contributed by atoms with Gasteiger partial charge in [0.15, 0.2) is 0 Å². The largest absolute Gasteiger partial charge is 0.478 e. The molecule has 116 valence electrons. The van der Waals surface area contributed by atoms with Crippen LogP contribution in [-0.4, -0.2) is 37.4 Å². The van der Waals surface area contributed by atoms with E-state index < -0.39 is 37.3 Å². The first-order valence-corrected chi connectivity index (χ1v) is 7.83. The molecule has 1 N–H and O–H groups in total. The fraction of sp³-hybridized carbons (Fsp3) is 0.308. The van der Waals surface area contributed by atoms with Gasteiger partial charge in [-0.15, -0.1) is 6.58 Å². The maximum atomic E-state index is 13.6. The highest BCUT2D eigenvalue weighted by Crippen LogP contribution is 2.26. The summed E-state index contributed by atoms with van der Waals surface area (Å²) in [6, 6.07) is 1.57. The molecule has 0 spiro atoms. The van der Waals surface area contributed by atoms with E-state index in [0.29, 0.717) is 18.9 Å². The maximum Gasteiger partial charge on any atom is 0.337 e. The zero-order chi connectivity index (χ0) is 16.2. The standard InChI is InChI=1S/C13H15ClFNO4S/c1-3-4-5-6-16(2)21(19,20)9-7-10(13(17)18)12(14)11(15)8-9/h3,7-8H,1,4-6H2,2H3,(H,17,18). The van der Waals surface area contributed by atoms with Crippen LogP contribution in [0.5, 0.6) is 0 Å². The highest BCUT2D eigenvalue weighted by molar-refractivity contribution is 7.89. The fourth-order valence-corrected chi connectivity index (χ4v) is 3.07. The van der Waals surface area contributed by atoms with Crippen molar-refractivity contribution in [2.24, 2.45) is 0 Å². The first-order valence-electron chi connectivity index (χ1n) is 6.01. The number of sulfonamides is 1. The van der Waals surface area contributed by atoms with Crippen molar-refractivity contribution in [3.8, 4) is 0 Å². The summed E-state index contributed by atoms with van der Waals surface area (Å²) in [5.74, 6) is -2.58. The Kier molecular flexibility index (Phi) is 5.88. The number of carboxylic acids is 1. The third-order valence-electron chi connectivity index (χ3n) is 2.82. The summed E-state index contributed by atoms with van der Waals surface area (Å²) in [6.45, 7) is 3.74. The molecule has 8 heteroatoms. The summed E-state index contributed by atoms with van der Waals surface area (Å²) in [7, 11) is -2.64. The summed E-state index contributed by atoms with van der Waals surface area (Å²) in [5, 5.41) is 8.31. The van der Waals surface area contributed by atoms with Gasteiger partial charge in [-0.25, -0.2) is 21.9 Å². The zero-order valence-corrected chi connectivity index (χ0v) is 12.9. The van der Waals surface area contributed by atoms with E-state index in [2.05, 4.69) is 6.58 Å². The van der Waals surface area contributed by atoms with E-state index in [1.54, 1.807) is 6.08 Å². The number of unbranched alkanes of at least 4 members (excludes halogenated alkanes) is 1. The molecule has 21 heavy (non-hydrogen) atoms. The van der Waals surface area contributed by atoms with Crippen LogP contribution in [0.15, 0.2) is 29.7 Å². The van der Waals surface area contributed by atoms with Gasteiger partial charge in [-0.05, 0) is 25.0 Å². The van der Waals surface area contributed by atoms with Crippen molar-refractivity contribution in [2.45, 2.75) is 17.7 Å². The van der Waals surface area contributed by atoms with Gasteiger partial charge in [0.1, 0.15) is 5.82 Å². The Morgan fingerprint density at radius 3 is 2.67 bits per heavy atom. The molecule has 0 saturated carbocycles. The molecule has 1 rings (SSSR count). The smallest absolute Gasteiger partial charge is 0.337 e. The van der Waals surface area contributed by atoms with Crippen LogP contribution in [0.4, 0.5) is 4.39 Å². The molecule has 0 amide bonds. The molecule has 0 saturated heterocycles. The van der Waals surface area contributed by atoms with Crippen molar-refractivity contribution >= 4 is 27.6 Å². The lowest BCUT2D eigenvalue weighted by Gasteiger charge is -2.17. The van der Waals surface area contributed by atoms with Gasteiger partial charge < -0.3 is 5.11 Å². The minimum Gasteiger partial charge on any atom is -0.478 e. The second-order valence-corrected chi connectivity index (χ2v) is 6.75. The van der Waals surface area contributed by atoms with Crippen LogP contribution in [0.2, 0.25) is 5.02 Å². The third kappa shape index (κ3) is 4.03. The predicted octanol–water partition coefficient (Wildman–Crippen LogP) is 2.76. The van der Waals surface area contributed by atoms with Crippen molar-refractivity contribution in [3.05, 3.63) is 41.2 Å². The van der Waals surface area contributed by atoms with E-state index in [4.69, 9.17) is 16.7 Å². The number of hydrogen-bond donors (Lipinski definition) is 1. The minimum absolute atomic E-state index is 0.209. The molecular weight excluding hydrogens is 321 g/mol. The molecule has 0 unspecified atom stereocenters. The Morgan fingerprint density at radius 2 is 2.14 bits per heavy atom. The highest BCUT2D eigenvalue weighted by Gasteiger charge is 2.25. The molecule has 0 radical (unpaired) electrons. The van der Waals surface area contributed by atoms with Crippen molar-refractivity contribution in [1.29, 1.82) is 0 Å². The summed E-state index contributed by atoms with van der Waals surface area (Å²) in [4.78, 5) is 10.5. The number of rotatable bonds is 7. The minimum atomic E-state index is -3.98. The zero-order valence-electron chi connectivity index (χ0n) is 11.3. The van der Waals surface area contributed by atoms with Crippen molar-refractivity contribution in [1.82, 2.24) is 4.31 Å². The Labute approximate surface area is 127 Å². The van der Waals surface area contributed by atoms with E-state index in [1.165, 1.54) is 7.05 Å². The van der Waals surface area contributed by atoms with Crippen molar-refractivity contribution in [2.75, 3.05) is 13.6 Å².